The summed E-state index contributed by atoms with van der Waals surface area (Å²) in [5.41, 5.74) is 5.75. The average molecular weight is 342 g/mol. The third-order valence-corrected chi connectivity index (χ3v) is 3.87. The SMILES string of the molecule is O=C(/C=C/c1ccc(F)c(Cl)c1)NNC(=S)NC1CCCC1. The largest absolute Gasteiger partial charge is 0.359 e. The average Bonchev–Trinajstić information content (AvgIpc) is 2.99. The zero-order valence-corrected chi connectivity index (χ0v) is 13.4. The van der Waals surface area contributed by atoms with Gasteiger partial charge in [0.2, 0.25) is 0 Å². The molecule has 118 valence electrons. The van der Waals surface area contributed by atoms with Crippen molar-refractivity contribution in [3.63, 3.8) is 0 Å². The predicted octanol–water partition coefficient (Wildman–Crippen LogP) is 2.93. The second-order valence-electron chi connectivity index (χ2n) is 5.08. The van der Waals surface area contributed by atoms with Crippen LogP contribution in [0.5, 0.6) is 0 Å². The number of carbonyl (C=O) groups excluding carboxylic acids is 1. The summed E-state index contributed by atoms with van der Waals surface area (Å²) >= 11 is 10.8. The van der Waals surface area contributed by atoms with Crippen LogP contribution in [0, 0.1) is 5.82 Å². The fraction of sp³-hybridized carbons (Fsp3) is 0.333. The number of thiocarbonyl (C=S) groups is 1. The molecule has 0 atom stereocenters. The fourth-order valence-electron chi connectivity index (χ4n) is 2.24. The molecule has 0 radical (unpaired) electrons. The molecule has 1 aromatic carbocycles. The van der Waals surface area contributed by atoms with Crippen LogP contribution in [-0.4, -0.2) is 17.1 Å². The first-order valence-corrected chi connectivity index (χ1v) is 7.83. The molecule has 1 aliphatic rings. The Labute approximate surface area is 139 Å². The Balaban J connectivity index is 1.75. The zero-order valence-electron chi connectivity index (χ0n) is 11.9. The standard InChI is InChI=1S/C15H17ClFN3OS/c16-12-9-10(5-7-13(12)17)6-8-14(21)19-20-15(22)18-11-3-1-2-4-11/h5-9,11H,1-4H2,(H,19,21)(H2,18,20,22)/b8-6+. The number of hydrogen-bond donors (Lipinski definition) is 3. The van der Waals surface area contributed by atoms with Gasteiger partial charge in [0.05, 0.1) is 5.02 Å². The van der Waals surface area contributed by atoms with E-state index in [0.29, 0.717) is 16.7 Å². The smallest absolute Gasteiger partial charge is 0.262 e. The van der Waals surface area contributed by atoms with Gasteiger partial charge in [0, 0.05) is 12.1 Å². The monoisotopic (exact) mass is 341 g/mol. The molecule has 1 fully saturated rings. The summed E-state index contributed by atoms with van der Waals surface area (Å²) in [4.78, 5) is 11.7. The lowest BCUT2D eigenvalue weighted by atomic mass is 10.2. The molecule has 4 nitrogen and oxygen atoms in total. The van der Waals surface area contributed by atoms with Crippen LogP contribution in [-0.2, 0) is 4.79 Å². The van der Waals surface area contributed by atoms with Gasteiger partial charge in [-0.1, -0.05) is 30.5 Å². The van der Waals surface area contributed by atoms with E-state index in [0.717, 1.165) is 12.8 Å². The Morgan fingerprint density at radius 3 is 2.73 bits per heavy atom. The maximum absolute atomic E-state index is 13.0. The number of hydrogen-bond acceptors (Lipinski definition) is 2. The second-order valence-corrected chi connectivity index (χ2v) is 5.89. The summed E-state index contributed by atoms with van der Waals surface area (Å²) < 4.78 is 13.0. The molecule has 1 amide bonds. The van der Waals surface area contributed by atoms with Crippen molar-refractivity contribution in [3.05, 3.63) is 40.7 Å². The highest BCUT2D eigenvalue weighted by molar-refractivity contribution is 7.80. The van der Waals surface area contributed by atoms with Crippen molar-refractivity contribution in [1.82, 2.24) is 16.2 Å². The van der Waals surface area contributed by atoms with Crippen molar-refractivity contribution in [2.45, 2.75) is 31.7 Å². The minimum atomic E-state index is -0.492. The van der Waals surface area contributed by atoms with Crippen molar-refractivity contribution in [3.8, 4) is 0 Å². The quantitative estimate of drug-likeness (QED) is 0.449. The van der Waals surface area contributed by atoms with Gasteiger partial charge >= 0.3 is 0 Å². The molecule has 2 rings (SSSR count). The number of benzene rings is 1. The van der Waals surface area contributed by atoms with Crippen molar-refractivity contribution in [2.24, 2.45) is 0 Å². The van der Waals surface area contributed by atoms with Gasteiger partial charge in [-0.05, 0) is 48.8 Å². The van der Waals surface area contributed by atoms with Gasteiger partial charge in [-0.25, -0.2) is 4.39 Å². The van der Waals surface area contributed by atoms with Crippen LogP contribution in [0.4, 0.5) is 4.39 Å². The van der Waals surface area contributed by atoms with E-state index >= 15 is 0 Å². The van der Waals surface area contributed by atoms with Gasteiger partial charge in [0.15, 0.2) is 5.11 Å². The van der Waals surface area contributed by atoms with Crippen molar-refractivity contribution >= 4 is 40.9 Å². The summed E-state index contributed by atoms with van der Waals surface area (Å²) in [6.45, 7) is 0. The van der Waals surface area contributed by atoms with Gasteiger partial charge in [0.1, 0.15) is 5.82 Å². The number of nitrogens with one attached hydrogen (secondary N) is 3. The van der Waals surface area contributed by atoms with E-state index in [-0.39, 0.29) is 10.9 Å². The molecule has 0 spiro atoms. The first-order valence-electron chi connectivity index (χ1n) is 7.04. The predicted molar refractivity (Wildman–Crippen MR) is 89.7 cm³/mol. The van der Waals surface area contributed by atoms with Crippen LogP contribution in [0.25, 0.3) is 6.08 Å². The molecule has 0 aliphatic heterocycles. The highest BCUT2D eigenvalue weighted by atomic mass is 35.5. The van der Waals surface area contributed by atoms with E-state index in [9.17, 15) is 9.18 Å². The van der Waals surface area contributed by atoms with Gasteiger partial charge in [-0.2, -0.15) is 0 Å². The van der Waals surface area contributed by atoms with Crippen molar-refractivity contribution < 1.29 is 9.18 Å². The van der Waals surface area contributed by atoms with Crippen molar-refractivity contribution in [2.75, 3.05) is 0 Å². The van der Waals surface area contributed by atoms with Gasteiger partial charge < -0.3 is 5.32 Å². The number of hydrazine groups is 1. The molecule has 0 aromatic heterocycles. The van der Waals surface area contributed by atoms with Gasteiger partial charge in [-0.15, -0.1) is 0 Å². The van der Waals surface area contributed by atoms with Crippen LogP contribution in [0.2, 0.25) is 5.02 Å². The van der Waals surface area contributed by atoms with Crippen LogP contribution in [0.15, 0.2) is 24.3 Å². The summed E-state index contributed by atoms with van der Waals surface area (Å²) in [6, 6.07) is 4.61. The van der Waals surface area contributed by atoms with E-state index in [2.05, 4.69) is 16.2 Å². The number of halogens is 2. The van der Waals surface area contributed by atoms with E-state index in [1.54, 1.807) is 0 Å². The third kappa shape index (κ3) is 5.27. The van der Waals surface area contributed by atoms with E-state index < -0.39 is 5.82 Å². The maximum atomic E-state index is 13.0. The normalized spacial score (nSPS) is 15.0. The zero-order chi connectivity index (χ0) is 15.9. The highest BCUT2D eigenvalue weighted by Gasteiger charge is 2.15. The minimum absolute atomic E-state index is 0.0163. The first kappa shape index (κ1) is 16.7. The number of amides is 1. The van der Waals surface area contributed by atoms with Crippen LogP contribution < -0.4 is 16.2 Å². The summed E-state index contributed by atoms with van der Waals surface area (Å²) in [5, 5.41) is 3.56. The lowest BCUT2D eigenvalue weighted by molar-refractivity contribution is -0.116. The van der Waals surface area contributed by atoms with Gasteiger partial charge in [-0.3, -0.25) is 15.6 Å². The Kier molecular flexibility index (Phi) is 6.15. The summed E-state index contributed by atoms with van der Waals surface area (Å²) in [7, 11) is 0. The summed E-state index contributed by atoms with van der Waals surface area (Å²) in [5.74, 6) is -0.857. The lowest BCUT2D eigenvalue weighted by Crippen LogP contribution is -2.48. The fourth-order valence-corrected chi connectivity index (χ4v) is 2.65. The maximum Gasteiger partial charge on any atom is 0.262 e. The molecule has 1 aromatic rings. The molecule has 7 heteroatoms. The van der Waals surface area contributed by atoms with E-state index in [4.69, 9.17) is 23.8 Å². The Morgan fingerprint density at radius 1 is 1.32 bits per heavy atom. The number of rotatable bonds is 3. The molecule has 0 heterocycles. The minimum Gasteiger partial charge on any atom is -0.359 e. The third-order valence-electron chi connectivity index (χ3n) is 3.36. The van der Waals surface area contributed by atoms with Crippen molar-refractivity contribution in [1.29, 1.82) is 0 Å². The molecular weight excluding hydrogens is 325 g/mol. The van der Waals surface area contributed by atoms with Gasteiger partial charge in [0.25, 0.3) is 5.91 Å². The molecule has 3 N–H and O–H groups in total. The molecular formula is C15H17ClFN3OS. The Bertz CT molecular complexity index is 588. The summed E-state index contributed by atoms with van der Waals surface area (Å²) in [6.07, 6.45) is 7.46. The Morgan fingerprint density at radius 2 is 2.05 bits per heavy atom. The van der Waals surface area contributed by atoms with Crippen LogP contribution in [0.3, 0.4) is 0 Å². The molecule has 1 saturated carbocycles. The van der Waals surface area contributed by atoms with E-state index in [1.165, 1.54) is 43.2 Å². The number of carbonyl (C=O) groups is 1. The molecule has 1 aliphatic carbocycles. The lowest BCUT2D eigenvalue weighted by Gasteiger charge is -2.15. The molecule has 0 saturated heterocycles. The topological polar surface area (TPSA) is 53.2 Å². The van der Waals surface area contributed by atoms with Crippen LogP contribution in [0.1, 0.15) is 31.2 Å². The van der Waals surface area contributed by atoms with E-state index in [1.807, 2.05) is 0 Å². The molecule has 22 heavy (non-hydrogen) atoms. The van der Waals surface area contributed by atoms with Crippen LogP contribution >= 0.6 is 23.8 Å². The second kappa shape index (κ2) is 8.10. The first-order chi connectivity index (χ1) is 10.5. The molecule has 0 bridgehead atoms. The molecule has 0 unspecified atom stereocenters. The Hall–Kier alpha value is -1.66. The highest BCUT2D eigenvalue weighted by Crippen LogP contribution is 2.17.